The number of nitrogens with one attached hydrogen (secondary N) is 2. The number of hydrogen-bond donors (Lipinski definition) is 2. The van der Waals surface area contributed by atoms with Crippen molar-refractivity contribution in [2.75, 3.05) is 20.5 Å². The Morgan fingerprint density at radius 3 is 2.43 bits per heavy atom. The molecule has 0 aromatic heterocycles. The zero-order valence-corrected chi connectivity index (χ0v) is 18.3. The fourth-order valence-electron chi connectivity index (χ4n) is 3.52. The standard InChI is InChI=1S/C21H28N2O6S/c1-28-19(26)12-16(20(27)29-2)22-17(24)8-10-21(11-9-18(25)23-21)13-14-4-6-15(30-3)7-5-14/h4-7,16H,8-13H2,1-3H3,(H,22,24)(H,23,25)/t16-,21+/m0/s1. The van der Waals surface area contributed by atoms with Crippen LogP contribution in [0.2, 0.25) is 0 Å². The van der Waals surface area contributed by atoms with Crippen molar-refractivity contribution in [3.63, 3.8) is 0 Å². The molecule has 9 heteroatoms. The molecule has 0 saturated carbocycles. The first kappa shape index (κ1) is 23.7. The number of hydrogen-bond acceptors (Lipinski definition) is 7. The van der Waals surface area contributed by atoms with Crippen LogP contribution < -0.4 is 10.6 Å². The predicted molar refractivity (Wildman–Crippen MR) is 112 cm³/mol. The second kappa shape index (κ2) is 11.0. The Hall–Kier alpha value is -2.55. The summed E-state index contributed by atoms with van der Waals surface area (Å²) in [5.41, 5.74) is 0.562. The van der Waals surface area contributed by atoms with Crippen molar-refractivity contribution in [1.29, 1.82) is 0 Å². The maximum absolute atomic E-state index is 12.5. The van der Waals surface area contributed by atoms with Crippen molar-refractivity contribution in [3.8, 4) is 0 Å². The third kappa shape index (κ3) is 6.76. The first-order valence-corrected chi connectivity index (χ1v) is 10.9. The second-order valence-electron chi connectivity index (χ2n) is 7.28. The Kier molecular flexibility index (Phi) is 8.71. The largest absolute Gasteiger partial charge is 0.469 e. The minimum absolute atomic E-state index is 0.0331. The van der Waals surface area contributed by atoms with Crippen molar-refractivity contribution in [2.45, 2.75) is 55.0 Å². The van der Waals surface area contributed by atoms with Crippen molar-refractivity contribution in [3.05, 3.63) is 29.8 Å². The Balaban J connectivity index is 2.02. The first-order valence-electron chi connectivity index (χ1n) is 9.69. The Morgan fingerprint density at radius 1 is 1.20 bits per heavy atom. The lowest BCUT2D eigenvalue weighted by molar-refractivity contribution is -0.150. The quantitative estimate of drug-likeness (QED) is 0.423. The lowest BCUT2D eigenvalue weighted by Gasteiger charge is -2.29. The normalized spacial score (nSPS) is 19.0. The van der Waals surface area contributed by atoms with E-state index in [4.69, 9.17) is 0 Å². The molecular formula is C21H28N2O6S. The van der Waals surface area contributed by atoms with Gasteiger partial charge in [-0.25, -0.2) is 4.79 Å². The molecule has 1 heterocycles. The number of carbonyl (C=O) groups is 4. The smallest absolute Gasteiger partial charge is 0.328 e. The second-order valence-corrected chi connectivity index (χ2v) is 8.16. The van der Waals surface area contributed by atoms with Crippen LogP contribution in [0, 0.1) is 0 Å². The summed E-state index contributed by atoms with van der Waals surface area (Å²) in [7, 11) is 2.39. The van der Waals surface area contributed by atoms with Crippen LogP contribution in [0.4, 0.5) is 0 Å². The molecule has 1 aromatic rings. The number of benzene rings is 1. The van der Waals surface area contributed by atoms with E-state index in [2.05, 4.69) is 20.1 Å². The van der Waals surface area contributed by atoms with E-state index >= 15 is 0 Å². The summed E-state index contributed by atoms with van der Waals surface area (Å²) >= 11 is 1.66. The molecule has 2 N–H and O–H groups in total. The molecule has 2 atom stereocenters. The van der Waals surface area contributed by atoms with Gasteiger partial charge in [0.1, 0.15) is 6.04 Å². The summed E-state index contributed by atoms with van der Waals surface area (Å²) in [5.74, 6) is -1.77. The summed E-state index contributed by atoms with van der Waals surface area (Å²) in [6.45, 7) is 0. The predicted octanol–water partition coefficient (Wildman–Crippen LogP) is 1.60. The minimum Gasteiger partial charge on any atom is -0.469 e. The highest BCUT2D eigenvalue weighted by molar-refractivity contribution is 7.98. The van der Waals surface area contributed by atoms with E-state index in [-0.39, 0.29) is 18.7 Å². The van der Waals surface area contributed by atoms with E-state index in [0.717, 1.165) is 10.5 Å². The van der Waals surface area contributed by atoms with Crippen LogP contribution in [0.15, 0.2) is 29.2 Å². The summed E-state index contributed by atoms with van der Waals surface area (Å²) in [5, 5.41) is 5.57. The van der Waals surface area contributed by atoms with Crippen LogP contribution in [0.5, 0.6) is 0 Å². The lowest BCUT2D eigenvalue weighted by Crippen LogP contribution is -2.46. The van der Waals surface area contributed by atoms with Gasteiger partial charge in [0.05, 0.1) is 20.6 Å². The summed E-state index contributed by atoms with van der Waals surface area (Å²) < 4.78 is 9.21. The van der Waals surface area contributed by atoms with Gasteiger partial charge in [-0.3, -0.25) is 14.4 Å². The highest BCUT2D eigenvalue weighted by atomic mass is 32.2. The van der Waals surface area contributed by atoms with Crippen molar-refractivity contribution < 1.29 is 28.7 Å². The summed E-state index contributed by atoms with van der Waals surface area (Å²) in [6, 6.07) is 7.02. The van der Waals surface area contributed by atoms with Crippen LogP contribution in [0.3, 0.4) is 0 Å². The third-order valence-electron chi connectivity index (χ3n) is 5.19. The van der Waals surface area contributed by atoms with Crippen LogP contribution in [0.25, 0.3) is 0 Å². The molecule has 1 aliphatic heterocycles. The van der Waals surface area contributed by atoms with E-state index < -0.39 is 29.4 Å². The highest BCUT2D eigenvalue weighted by Gasteiger charge is 2.38. The molecule has 0 unspecified atom stereocenters. The maximum Gasteiger partial charge on any atom is 0.328 e. The number of ether oxygens (including phenoxy) is 2. The molecule has 1 fully saturated rings. The number of amides is 2. The van der Waals surface area contributed by atoms with E-state index in [1.54, 1.807) is 11.8 Å². The van der Waals surface area contributed by atoms with Gasteiger partial charge < -0.3 is 20.1 Å². The van der Waals surface area contributed by atoms with Gasteiger partial charge >= 0.3 is 11.9 Å². The number of rotatable bonds is 10. The fraction of sp³-hybridized carbons (Fsp3) is 0.524. The molecule has 30 heavy (non-hydrogen) atoms. The van der Waals surface area contributed by atoms with Gasteiger partial charge in [0.25, 0.3) is 0 Å². The monoisotopic (exact) mass is 436 g/mol. The topological polar surface area (TPSA) is 111 Å². The number of methoxy groups -OCH3 is 2. The van der Waals surface area contributed by atoms with Crippen molar-refractivity contribution in [2.24, 2.45) is 0 Å². The molecule has 0 bridgehead atoms. The molecule has 8 nitrogen and oxygen atoms in total. The SMILES string of the molecule is COC(=O)C[C@H](NC(=O)CC[C@]1(Cc2ccc(SC)cc2)CCC(=O)N1)C(=O)OC. The van der Waals surface area contributed by atoms with E-state index in [1.807, 2.05) is 30.5 Å². The van der Waals surface area contributed by atoms with Gasteiger partial charge in [-0.05, 0) is 43.2 Å². The maximum atomic E-state index is 12.5. The molecule has 0 aliphatic carbocycles. The van der Waals surface area contributed by atoms with Gasteiger partial charge in [0, 0.05) is 23.3 Å². The van der Waals surface area contributed by atoms with Crippen LogP contribution in [-0.2, 0) is 35.1 Å². The number of carbonyl (C=O) groups excluding carboxylic acids is 4. The number of esters is 2. The van der Waals surface area contributed by atoms with Gasteiger partial charge in [-0.15, -0.1) is 11.8 Å². The number of thioether (sulfide) groups is 1. The fourth-order valence-corrected chi connectivity index (χ4v) is 3.93. The molecule has 0 radical (unpaired) electrons. The average Bonchev–Trinajstić information content (AvgIpc) is 3.12. The van der Waals surface area contributed by atoms with E-state index in [1.165, 1.54) is 14.2 Å². The van der Waals surface area contributed by atoms with Gasteiger partial charge in [0.2, 0.25) is 11.8 Å². The molecule has 1 aromatic carbocycles. The van der Waals surface area contributed by atoms with Gasteiger partial charge in [-0.1, -0.05) is 12.1 Å². The molecule has 164 valence electrons. The van der Waals surface area contributed by atoms with Crippen molar-refractivity contribution in [1.82, 2.24) is 10.6 Å². The molecule has 2 rings (SSSR count). The summed E-state index contributed by atoms with van der Waals surface area (Å²) in [4.78, 5) is 48.9. The van der Waals surface area contributed by atoms with E-state index in [0.29, 0.717) is 25.7 Å². The Bertz CT molecular complexity index is 782. The third-order valence-corrected chi connectivity index (χ3v) is 5.93. The van der Waals surface area contributed by atoms with E-state index in [9.17, 15) is 19.2 Å². The van der Waals surface area contributed by atoms with Crippen molar-refractivity contribution >= 4 is 35.5 Å². The molecular weight excluding hydrogens is 408 g/mol. The average molecular weight is 437 g/mol. The Labute approximate surface area is 180 Å². The van der Waals surface area contributed by atoms with Gasteiger partial charge in [-0.2, -0.15) is 0 Å². The zero-order chi connectivity index (χ0) is 22.1. The molecule has 1 aliphatic rings. The zero-order valence-electron chi connectivity index (χ0n) is 17.5. The summed E-state index contributed by atoms with van der Waals surface area (Å²) in [6.07, 6.45) is 3.87. The molecule has 2 amide bonds. The van der Waals surface area contributed by atoms with Crippen LogP contribution in [0.1, 0.15) is 37.7 Å². The van der Waals surface area contributed by atoms with Crippen LogP contribution >= 0.6 is 11.8 Å². The molecule has 0 spiro atoms. The lowest BCUT2D eigenvalue weighted by atomic mass is 9.85. The highest BCUT2D eigenvalue weighted by Crippen LogP contribution is 2.30. The Morgan fingerprint density at radius 2 is 1.90 bits per heavy atom. The minimum atomic E-state index is -1.11. The first-order chi connectivity index (χ1) is 14.3. The molecule has 1 saturated heterocycles. The van der Waals surface area contributed by atoms with Crippen LogP contribution in [-0.4, -0.2) is 55.8 Å². The van der Waals surface area contributed by atoms with Gasteiger partial charge in [0.15, 0.2) is 0 Å².